The van der Waals surface area contributed by atoms with Crippen molar-refractivity contribution in [1.29, 1.82) is 0 Å². The molecule has 18 heavy (non-hydrogen) atoms. The minimum absolute atomic E-state index is 0.0318. The number of ether oxygens (including phenoxy) is 1. The molecule has 5 heteroatoms. The Labute approximate surface area is 115 Å². The van der Waals surface area contributed by atoms with Crippen LogP contribution >= 0.6 is 15.9 Å². The molecule has 0 saturated heterocycles. The van der Waals surface area contributed by atoms with E-state index in [0.29, 0.717) is 13.2 Å². The van der Waals surface area contributed by atoms with Crippen LogP contribution in [0.4, 0.5) is 0 Å². The Kier molecular flexibility index (Phi) is 4.24. The monoisotopic (exact) mass is 312 g/mol. The van der Waals surface area contributed by atoms with Gasteiger partial charge in [-0.3, -0.25) is 0 Å². The predicted molar refractivity (Wildman–Crippen MR) is 75.6 cm³/mol. The molecule has 4 nitrogen and oxygen atoms in total. The number of nitrogens with zero attached hydrogens (tertiary/aromatic N) is 1. The predicted octanol–water partition coefficient (Wildman–Crippen LogP) is 2.27. The van der Waals surface area contributed by atoms with Gasteiger partial charge in [-0.2, -0.15) is 0 Å². The topological polar surface area (TPSA) is 56.8 Å². The van der Waals surface area contributed by atoms with E-state index >= 15 is 0 Å². The summed E-state index contributed by atoms with van der Waals surface area (Å²) in [6.07, 6.45) is 10.7. The normalized spacial score (nSPS) is 30.5. The quantitative estimate of drug-likeness (QED) is 0.810. The Hall–Kier alpha value is -1.07. The second kappa shape index (κ2) is 5.71. The largest absolute Gasteiger partial charge is 0.490 e. The molecular formula is C13H17BrN2O2. The third-order valence-electron chi connectivity index (χ3n) is 2.68. The highest BCUT2D eigenvalue weighted by atomic mass is 79.9. The van der Waals surface area contributed by atoms with E-state index in [1.807, 2.05) is 24.3 Å². The lowest BCUT2D eigenvalue weighted by molar-refractivity contribution is 0.0276. The van der Waals surface area contributed by atoms with Crippen molar-refractivity contribution in [2.24, 2.45) is 10.9 Å². The molecule has 0 spiro atoms. The fraction of sp³-hybridized carbons (Fsp3) is 0.462. The average Bonchev–Trinajstić information content (AvgIpc) is 2.71. The summed E-state index contributed by atoms with van der Waals surface area (Å²) in [6.45, 7) is 2.98. The minimum Gasteiger partial charge on any atom is -0.490 e. The number of rotatable bonds is 4. The van der Waals surface area contributed by atoms with E-state index in [1.54, 1.807) is 0 Å². The number of hydrogen-bond acceptors (Lipinski definition) is 4. The van der Waals surface area contributed by atoms with Crippen LogP contribution in [0.25, 0.3) is 0 Å². The van der Waals surface area contributed by atoms with Gasteiger partial charge in [-0.25, -0.2) is 0 Å². The Morgan fingerprint density at radius 2 is 2.44 bits per heavy atom. The van der Waals surface area contributed by atoms with E-state index in [-0.39, 0.29) is 10.4 Å². The summed E-state index contributed by atoms with van der Waals surface area (Å²) < 4.78 is 5.56. The number of oxime groups is 1. The molecule has 0 aromatic heterocycles. The zero-order valence-corrected chi connectivity index (χ0v) is 11.9. The lowest BCUT2D eigenvalue weighted by Gasteiger charge is -2.15. The van der Waals surface area contributed by atoms with Crippen molar-refractivity contribution in [1.82, 2.24) is 0 Å². The van der Waals surface area contributed by atoms with E-state index in [1.165, 1.54) is 0 Å². The molecule has 0 amide bonds. The van der Waals surface area contributed by atoms with Gasteiger partial charge in [0.05, 0.1) is 10.0 Å². The molecule has 2 rings (SSSR count). The number of nitrogens with two attached hydrogens (primary N) is 1. The van der Waals surface area contributed by atoms with Crippen LogP contribution in [0.5, 0.6) is 0 Å². The third kappa shape index (κ3) is 3.71. The summed E-state index contributed by atoms with van der Waals surface area (Å²) in [5.41, 5.74) is 6.39. The molecule has 0 radical (unpaired) electrons. The number of hydrogen-bond donors (Lipinski definition) is 1. The van der Waals surface area contributed by atoms with Crippen molar-refractivity contribution >= 4 is 21.6 Å². The van der Waals surface area contributed by atoms with Crippen LogP contribution in [0.3, 0.4) is 0 Å². The van der Waals surface area contributed by atoms with E-state index in [0.717, 1.165) is 17.9 Å². The van der Waals surface area contributed by atoms with Crippen LogP contribution in [0.2, 0.25) is 0 Å². The molecule has 0 saturated carbocycles. The first-order chi connectivity index (χ1) is 8.59. The van der Waals surface area contributed by atoms with Gasteiger partial charge in [0, 0.05) is 13.0 Å². The third-order valence-corrected chi connectivity index (χ3v) is 3.18. The Morgan fingerprint density at radius 1 is 1.61 bits per heavy atom. The first kappa shape index (κ1) is 13.4. The van der Waals surface area contributed by atoms with Gasteiger partial charge in [0.1, 0.15) is 12.4 Å². The van der Waals surface area contributed by atoms with E-state index in [4.69, 9.17) is 15.3 Å². The van der Waals surface area contributed by atoms with Crippen molar-refractivity contribution in [2.45, 2.75) is 23.8 Å². The van der Waals surface area contributed by atoms with Gasteiger partial charge < -0.3 is 15.3 Å². The zero-order chi connectivity index (χ0) is 13.0. The summed E-state index contributed by atoms with van der Waals surface area (Å²) in [7, 11) is 0. The first-order valence-electron chi connectivity index (χ1n) is 5.91. The van der Waals surface area contributed by atoms with Crippen LogP contribution in [0, 0.1) is 0 Å². The molecule has 0 bridgehead atoms. The number of alkyl halides is 1. The van der Waals surface area contributed by atoms with Gasteiger partial charge in [-0.15, -0.1) is 0 Å². The molecule has 0 aromatic rings. The van der Waals surface area contributed by atoms with Crippen molar-refractivity contribution in [3.8, 4) is 0 Å². The fourth-order valence-electron chi connectivity index (χ4n) is 1.74. The molecule has 2 atom stereocenters. The van der Waals surface area contributed by atoms with Gasteiger partial charge in [0.2, 0.25) is 0 Å². The molecular weight excluding hydrogens is 296 g/mol. The Balaban J connectivity index is 1.86. The van der Waals surface area contributed by atoms with E-state index < -0.39 is 0 Å². The summed E-state index contributed by atoms with van der Waals surface area (Å²) in [5, 5.41) is 3.90. The maximum absolute atomic E-state index is 5.74. The van der Waals surface area contributed by atoms with Crippen molar-refractivity contribution in [3.05, 3.63) is 36.1 Å². The van der Waals surface area contributed by atoms with Crippen LogP contribution in [-0.2, 0) is 9.57 Å². The molecule has 2 unspecified atom stereocenters. The highest BCUT2D eigenvalue weighted by molar-refractivity contribution is 9.10. The van der Waals surface area contributed by atoms with Gasteiger partial charge in [0.25, 0.3) is 0 Å². The molecule has 0 fully saturated rings. The molecule has 0 aromatic carbocycles. The molecule has 1 aliphatic heterocycles. The molecule has 98 valence electrons. The van der Waals surface area contributed by atoms with Crippen LogP contribution in [0.1, 0.15) is 13.3 Å². The highest BCUT2D eigenvalue weighted by Crippen LogP contribution is 2.25. The standard InChI is InChI=1S/C13H17BrN2O2/c1-13(14)5-3-2-4-11(7-13)17-9-12-6-10(8-15)16-18-12/h2-5,7,12H,6,8-9,15H2,1H3. The molecule has 1 aliphatic carbocycles. The number of halogens is 1. The maximum Gasteiger partial charge on any atom is 0.166 e. The first-order valence-corrected chi connectivity index (χ1v) is 6.70. The molecule has 2 aliphatic rings. The van der Waals surface area contributed by atoms with Crippen LogP contribution in [0.15, 0.2) is 41.3 Å². The number of allylic oxidation sites excluding steroid dienone is 5. The van der Waals surface area contributed by atoms with Crippen molar-refractivity contribution in [2.75, 3.05) is 13.2 Å². The second-order valence-electron chi connectivity index (χ2n) is 4.52. The van der Waals surface area contributed by atoms with Crippen molar-refractivity contribution < 1.29 is 9.57 Å². The van der Waals surface area contributed by atoms with E-state index in [2.05, 4.69) is 34.1 Å². The summed E-state index contributed by atoms with van der Waals surface area (Å²) in [5.74, 6) is 0.823. The molecule has 2 N–H and O–H groups in total. The Morgan fingerprint density at radius 3 is 3.17 bits per heavy atom. The summed E-state index contributed by atoms with van der Waals surface area (Å²) in [4.78, 5) is 5.24. The fourth-order valence-corrected chi connectivity index (χ4v) is 2.12. The van der Waals surface area contributed by atoms with Crippen LogP contribution < -0.4 is 5.73 Å². The SMILES string of the molecule is CC1(Br)C=CC=CC(OCC2CC(CN)=NO2)=C1. The van der Waals surface area contributed by atoms with E-state index in [9.17, 15) is 0 Å². The molecule has 1 heterocycles. The summed E-state index contributed by atoms with van der Waals surface area (Å²) in [6, 6.07) is 0. The van der Waals surface area contributed by atoms with Gasteiger partial charge in [-0.05, 0) is 19.1 Å². The minimum atomic E-state index is -0.179. The Bertz CT molecular complexity index is 425. The van der Waals surface area contributed by atoms with Gasteiger partial charge >= 0.3 is 0 Å². The summed E-state index contributed by atoms with van der Waals surface area (Å²) >= 11 is 3.60. The highest BCUT2D eigenvalue weighted by Gasteiger charge is 2.21. The maximum atomic E-state index is 5.74. The van der Waals surface area contributed by atoms with Gasteiger partial charge in [0.15, 0.2) is 6.10 Å². The second-order valence-corrected chi connectivity index (χ2v) is 6.23. The van der Waals surface area contributed by atoms with Crippen molar-refractivity contribution in [3.63, 3.8) is 0 Å². The van der Waals surface area contributed by atoms with Gasteiger partial charge in [-0.1, -0.05) is 39.3 Å². The average molecular weight is 313 g/mol. The smallest absolute Gasteiger partial charge is 0.166 e. The lowest BCUT2D eigenvalue weighted by atomic mass is 10.1. The lowest BCUT2D eigenvalue weighted by Crippen LogP contribution is -2.19. The zero-order valence-electron chi connectivity index (χ0n) is 10.3. The van der Waals surface area contributed by atoms with Crippen LogP contribution in [-0.4, -0.2) is 29.3 Å².